The first-order valence-corrected chi connectivity index (χ1v) is 21.1. The van der Waals surface area contributed by atoms with Gasteiger partial charge in [-0.05, 0) is 112 Å². The maximum Gasteiger partial charge on any atom is 0.0710 e. The first kappa shape index (κ1) is 34.5. The van der Waals surface area contributed by atoms with Gasteiger partial charge in [0.25, 0.3) is 0 Å². The van der Waals surface area contributed by atoms with Crippen molar-refractivity contribution in [3.63, 3.8) is 0 Å². The monoisotopic (exact) mass is 759 g/mol. The Hall–Kier alpha value is -6.74. The van der Waals surface area contributed by atoms with Crippen LogP contribution in [0.15, 0.2) is 212 Å². The van der Waals surface area contributed by atoms with Gasteiger partial charge in [-0.25, -0.2) is 0 Å². The molecular weight excluding hydrogens is 719 g/mol. The van der Waals surface area contributed by atoms with Gasteiger partial charge in [-0.3, -0.25) is 0 Å². The molecule has 1 heterocycles. The standard InChI is InChI=1S/C56H41NS/c1-38-25-29-43(30-26-38)57(44-31-27-39(28-32-44)46-35-36-50-49-22-12-14-24-53(49)58-55(50)54(46)40-15-5-2-6-16-40)45-33-34-48-47-21-11-13-23-51(47)56(52(48)37-45,41-17-7-3-8-18-41)42-19-9-4-10-20-42/h2-10,12-20,22-37H,11,21H2,1H3. The van der Waals surface area contributed by atoms with Crippen LogP contribution in [-0.2, 0) is 5.41 Å². The Morgan fingerprint density at radius 3 is 1.83 bits per heavy atom. The summed E-state index contributed by atoms with van der Waals surface area (Å²) >= 11 is 1.89. The Labute approximate surface area is 344 Å². The lowest BCUT2D eigenvalue weighted by Gasteiger charge is -2.36. The van der Waals surface area contributed by atoms with Crippen molar-refractivity contribution in [2.75, 3.05) is 4.90 Å². The smallest absolute Gasteiger partial charge is 0.0710 e. The Kier molecular flexibility index (Phi) is 8.34. The zero-order valence-corrected chi connectivity index (χ0v) is 33.2. The number of hydrogen-bond acceptors (Lipinski definition) is 2. The van der Waals surface area contributed by atoms with Crippen molar-refractivity contribution in [1.82, 2.24) is 0 Å². The van der Waals surface area contributed by atoms with E-state index in [2.05, 4.69) is 218 Å². The van der Waals surface area contributed by atoms with Gasteiger partial charge in [0.05, 0.1) is 5.41 Å². The molecule has 0 amide bonds. The molecular formula is C56H41NS. The van der Waals surface area contributed by atoms with Crippen molar-refractivity contribution in [1.29, 1.82) is 0 Å². The molecule has 0 saturated heterocycles. The molecule has 8 aromatic carbocycles. The molecule has 0 radical (unpaired) electrons. The number of anilines is 3. The molecule has 2 aliphatic carbocycles. The molecule has 276 valence electrons. The van der Waals surface area contributed by atoms with Gasteiger partial charge in [-0.1, -0.05) is 169 Å². The lowest BCUT2D eigenvalue weighted by molar-refractivity contribution is 0.756. The fourth-order valence-electron chi connectivity index (χ4n) is 9.70. The maximum absolute atomic E-state index is 2.48. The summed E-state index contributed by atoms with van der Waals surface area (Å²) in [4.78, 5) is 2.44. The lowest BCUT2D eigenvalue weighted by atomic mass is 9.66. The van der Waals surface area contributed by atoms with E-state index in [-0.39, 0.29) is 0 Å². The number of nitrogens with zero attached hydrogens (tertiary/aromatic N) is 1. The first-order valence-electron chi connectivity index (χ1n) is 20.3. The highest BCUT2D eigenvalue weighted by atomic mass is 32.1. The normalized spacial score (nSPS) is 14.2. The second-order valence-electron chi connectivity index (χ2n) is 15.6. The maximum atomic E-state index is 2.48. The lowest BCUT2D eigenvalue weighted by Crippen LogP contribution is -2.29. The Morgan fingerprint density at radius 1 is 0.517 bits per heavy atom. The number of aryl methyl sites for hydroxylation is 1. The van der Waals surface area contributed by atoms with Crippen LogP contribution in [-0.4, -0.2) is 0 Å². The minimum absolute atomic E-state index is 0.429. The van der Waals surface area contributed by atoms with Crippen LogP contribution in [0, 0.1) is 6.92 Å². The van der Waals surface area contributed by atoms with Crippen molar-refractivity contribution in [2.45, 2.75) is 25.2 Å². The van der Waals surface area contributed by atoms with Crippen molar-refractivity contribution >= 4 is 54.1 Å². The van der Waals surface area contributed by atoms with Crippen molar-refractivity contribution in [2.24, 2.45) is 0 Å². The average Bonchev–Trinajstić information content (AvgIpc) is 3.82. The number of allylic oxidation sites excluding steroid dienone is 4. The summed E-state index contributed by atoms with van der Waals surface area (Å²) < 4.78 is 2.65. The molecule has 11 rings (SSSR count). The number of hydrogen-bond donors (Lipinski definition) is 0. The average molecular weight is 760 g/mol. The largest absolute Gasteiger partial charge is 0.310 e. The van der Waals surface area contributed by atoms with E-state index in [0.717, 1.165) is 29.9 Å². The highest BCUT2D eigenvalue weighted by molar-refractivity contribution is 7.26. The molecule has 0 unspecified atom stereocenters. The molecule has 1 aromatic heterocycles. The van der Waals surface area contributed by atoms with Crippen molar-refractivity contribution < 1.29 is 0 Å². The third-order valence-electron chi connectivity index (χ3n) is 12.3. The Bertz CT molecular complexity index is 2990. The molecule has 0 atom stereocenters. The van der Waals surface area contributed by atoms with Crippen LogP contribution in [0.2, 0.25) is 0 Å². The topological polar surface area (TPSA) is 3.24 Å². The minimum Gasteiger partial charge on any atom is -0.310 e. The van der Waals surface area contributed by atoms with E-state index in [1.165, 1.54) is 81.4 Å². The number of benzene rings is 8. The van der Waals surface area contributed by atoms with Gasteiger partial charge in [0.15, 0.2) is 0 Å². The molecule has 0 spiro atoms. The van der Waals surface area contributed by atoms with Gasteiger partial charge in [0.2, 0.25) is 0 Å². The minimum atomic E-state index is -0.429. The SMILES string of the molecule is Cc1ccc(N(c2ccc(-c3ccc4c(sc5ccccc54)c3-c3ccccc3)cc2)c2ccc3c(c2)C(c2ccccc2)(c2ccccc2)C2=C3CCC=C2)cc1. The zero-order valence-electron chi connectivity index (χ0n) is 32.4. The van der Waals surface area contributed by atoms with Crippen LogP contribution >= 0.6 is 11.3 Å². The molecule has 0 N–H and O–H groups in total. The highest BCUT2D eigenvalue weighted by Gasteiger charge is 2.47. The van der Waals surface area contributed by atoms with Gasteiger partial charge >= 0.3 is 0 Å². The molecule has 0 saturated carbocycles. The van der Waals surface area contributed by atoms with E-state index in [4.69, 9.17) is 0 Å². The molecule has 2 aliphatic rings. The third kappa shape index (κ3) is 5.44. The highest BCUT2D eigenvalue weighted by Crippen LogP contribution is 2.58. The molecule has 0 aliphatic heterocycles. The van der Waals surface area contributed by atoms with Crippen LogP contribution in [0.3, 0.4) is 0 Å². The third-order valence-corrected chi connectivity index (χ3v) is 13.5. The zero-order chi connectivity index (χ0) is 38.6. The number of fused-ring (bicyclic) bond motifs is 5. The van der Waals surface area contributed by atoms with E-state index in [0.29, 0.717) is 0 Å². The number of thiophene rings is 1. The summed E-state index contributed by atoms with van der Waals surface area (Å²) in [6.07, 6.45) is 6.88. The van der Waals surface area contributed by atoms with Crippen molar-refractivity contribution in [3.8, 4) is 22.3 Å². The van der Waals surface area contributed by atoms with Crippen molar-refractivity contribution in [3.05, 3.63) is 240 Å². The summed E-state index contributed by atoms with van der Waals surface area (Å²) in [6, 6.07) is 72.0. The van der Waals surface area contributed by atoms with E-state index < -0.39 is 5.41 Å². The van der Waals surface area contributed by atoms with E-state index in [9.17, 15) is 0 Å². The Balaban J connectivity index is 1.09. The van der Waals surface area contributed by atoms with E-state index in [1.807, 2.05) is 11.3 Å². The summed E-state index contributed by atoms with van der Waals surface area (Å²) in [7, 11) is 0. The molecule has 9 aromatic rings. The van der Waals surface area contributed by atoms with Gasteiger partial charge in [0.1, 0.15) is 0 Å². The van der Waals surface area contributed by atoms with Gasteiger partial charge < -0.3 is 4.90 Å². The first-order chi connectivity index (χ1) is 28.7. The van der Waals surface area contributed by atoms with E-state index >= 15 is 0 Å². The summed E-state index contributed by atoms with van der Waals surface area (Å²) in [5, 5.41) is 2.64. The van der Waals surface area contributed by atoms with Gasteiger partial charge in [-0.2, -0.15) is 0 Å². The van der Waals surface area contributed by atoms with Crippen LogP contribution in [0.25, 0.3) is 48.0 Å². The van der Waals surface area contributed by atoms with Crippen LogP contribution < -0.4 is 4.90 Å². The van der Waals surface area contributed by atoms with E-state index in [1.54, 1.807) is 0 Å². The fourth-order valence-corrected chi connectivity index (χ4v) is 11.0. The summed E-state index contributed by atoms with van der Waals surface area (Å²) in [5.74, 6) is 0. The molecule has 1 nitrogen and oxygen atoms in total. The quantitative estimate of drug-likeness (QED) is 0.156. The fraction of sp³-hybridized carbons (Fsp3) is 0.0714. The Morgan fingerprint density at radius 2 is 1.12 bits per heavy atom. The predicted molar refractivity (Wildman–Crippen MR) is 248 cm³/mol. The molecule has 0 fully saturated rings. The van der Waals surface area contributed by atoms with Crippen LogP contribution in [0.5, 0.6) is 0 Å². The second kappa shape index (κ2) is 14.0. The molecule has 58 heavy (non-hydrogen) atoms. The van der Waals surface area contributed by atoms with Gasteiger partial charge in [-0.15, -0.1) is 11.3 Å². The van der Waals surface area contributed by atoms with Crippen LogP contribution in [0.4, 0.5) is 17.1 Å². The number of rotatable bonds is 7. The second-order valence-corrected chi connectivity index (χ2v) is 16.6. The molecule has 2 heteroatoms. The van der Waals surface area contributed by atoms with Crippen LogP contribution in [0.1, 0.15) is 40.7 Å². The summed E-state index contributed by atoms with van der Waals surface area (Å²) in [6.45, 7) is 2.16. The predicted octanol–water partition coefficient (Wildman–Crippen LogP) is 15.6. The summed E-state index contributed by atoms with van der Waals surface area (Å²) in [5.41, 5.74) is 17.4. The molecule has 0 bridgehead atoms. The van der Waals surface area contributed by atoms with Gasteiger partial charge in [0, 0.05) is 42.8 Å².